The molecular weight excluding hydrogens is 328 g/mol. The van der Waals surface area contributed by atoms with Crippen LogP contribution in [0.25, 0.3) is 10.7 Å². The summed E-state index contributed by atoms with van der Waals surface area (Å²) in [6.45, 7) is 3.77. The van der Waals surface area contributed by atoms with Gasteiger partial charge >= 0.3 is 0 Å². The molecule has 3 rings (SSSR count). The van der Waals surface area contributed by atoms with E-state index < -0.39 is 0 Å². The Kier molecular flexibility index (Phi) is 4.52. The minimum atomic E-state index is -0.287. The van der Waals surface area contributed by atoms with E-state index in [9.17, 15) is 9.59 Å². The number of rotatable bonds is 5. The lowest BCUT2D eigenvalue weighted by molar-refractivity contribution is -0.122. The minimum Gasteiger partial charge on any atom is -0.350 e. The van der Waals surface area contributed by atoms with Gasteiger partial charge in [-0.2, -0.15) is 4.80 Å². The van der Waals surface area contributed by atoms with Crippen LogP contribution in [0.5, 0.6) is 0 Å². The first-order valence-corrected chi connectivity index (χ1v) is 8.18. The maximum Gasteiger partial charge on any atom is 0.253 e. The second-order valence-electron chi connectivity index (χ2n) is 5.34. The zero-order chi connectivity index (χ0) is 17.1. The highest BCUT2D eigenvalue weighted by Crippen LogP contribution is 2.19. The Hall–Kier alpha value is -2.81. The molecule has 124 valence electrons. The fourth-order valence-electron chi connectivity index (χ4n) is 2.29. The lowest BCUT2D eigenvalue weighted by atomic mass is 10.1. The number of hydrogen-bond acceptors (Lipinski definition) is 6. The van der Waals surface area contributed by atoms with Gasteiger partial charge in [0.05, 0.1) is 4.88 Å². The molecule has 24 heavy (non-hydrogen) atoms. The predicted molar refractivity (Wildman–Crippen MR) is 89.5 cm³/mol. The number of amides is 1. The van der Waals surface area contributed by atoms with Crippen molar-refractivity contribution in [3.8, 4) is 10.7 Å². The van der Waals surface area contributed by atoms with E-state index >= 15 is 0 Å². The van der Waals surface area contributed by atoms with Crippen molar-refractivity contribution in [2.24, 2.45) is 0 Å². The van der Waals surface area contributed by atoms with Crippen LogP contribution in [0.4, 0.5) is 0 Å². The van der Waals surface area contributed by atoms with Gasteiger partial charge in [-0.15, -0.1) is 21.5 Å². The molecule has 0 bridgehead atoms. The van der Waals surface area contributed by atoms with Crippen LogP contribution in [0.15, 0.2) is 28.4 Å². The second kappa shape index (κ2) is 6.75. The molecule has 8 nitrogen and oxygen atoms in total. The van der Waals surface area contributed by atoms with Crippen molar-refractivity contribution in [2.75, 3.05) is 0 Å². The van der Waals surface area contributed by atoms with Crippen LogP contribution in [0.2, 0.25) is 0 Å². The number of hydrogen-bond donors (Lipinski definition) is 2. The Morgan fingerprint density at radius 2 is 2.25 bits per heavy atom. The molecule has 3 aromatic heterocycles. The highest BCUT2D eigenvalue weighted by atomic mass is 32.1. The molecule has 9 heteroatoms. The molecule has 0 fully saturated rings. The number of nitrogens with one attached hydrogen (secondary N) is 2. The molecule has 0 aliphatic rings. The number of nitrogens with zero attached hydrogens (tertiary/aromatic N) is 4. The summed E-state index contributed by atoms with van der Waals surface area (Å²) in [5, 5.41) is 16.6. The molecule has 0 aromatic carbocycles. The third-order valence-electron chi connectivity index (χ3n) is 3.44. The number of carbonyl (C=O) groups is 1. The summed E-state index contributed by atoms with van der Waals surface area (Å²) in [7, 11) is 0. The van der Waals surface area contributed by atoms with Gasteiger partial charge in [-0.1, -0.05) is 6.07 Å². The predicted octanol–water partition coefficient (Wildman–Crippen LogP) is 1.02. The Labute approximate surface area is 141 Å². The summed E-state index contributed by atoms with van der Waals surface area (Å²) in [5.41, 5.74) is 1.99. The van der Waals surface area contributed by atoms with E-state index in [1.54, 1.807) is 0 Å². The minimum absolute atomic E-state index is 0.0544. The molecule has 0 saturated heterocycles. The second-order valence-corrected chi connectivity index (χ2v) is 6.29. The van der Waals surface area contributed by atoms with Crippen LogP contribution in [0.3, 0.4) is 0 Å². The van der Waals surface area contributed by atoms with Crippen molar-refractivity contribution in [3.05, 3.63) is 50.8 Å². The van der Waals surface area contributed by atoms with E-state index in [0.29, 0.717) is 11.4 Å². The van der Waals surface area contributed by atoms with Crippen LogP contribution >= 0.6 is 11.3 Å². The zero-order valence-corrected chi connectivity index (χ0v) is 14.1. The average Bonchev–Trinajstić information content (AvgIpc) is 3.16. The van der Waals surface area contributed by atoms with Gasteiger partial charge in [0.15, 0.2) is 0 Å². The highest BCUT2D eigenvalue weighted by molar-refractivity contribution is 7.13. The van der Waals surface area contributed by atoms with Gasteiger partial charge in [0.2, 0.25) is 11.7 Å². The summed E-state index contributed by atoms with van der Waals surface area (Å²) >= 11 is 1.50. The largest absolute Gasteiger partial charge is 0.350 e. The third-order valence-corrected chi connectivity index (χ3v) is 4.30. The first-order valence-electron chi connectivity index (χ1n) is 7.30. The third kappa shape index (κ3) is 3.57. The molecule has 3 heterocycles. The highest BCUT2D eigenvalue weighted by Gasteiger charge is 2.11. The molecule has 0 atom stereocenters. The normalized spacial score (nSPS) is 10.8. The molecule has 2 N–H and O–H groups in total. The molecule has 0 saturated carbocycles. The smallest absolute Gasteiger partial charge is 0.253 e. The summed E-state index contributed by atoms with van der Waals surface area (Å²) in [6, 6.07) is 5.66. The van der Waals surface area contributed by atoms with E-state index in [1.807, 2.05) is 37.4 Å². The molecule has 1 amide bonds. The van der Waals surface area contributed by atoms with Crippen molar-refractivity contribution < 1.29 is 4.79 Å². The number of aromatic amines is 1. The lowest BCUT2D eigenvalue weighted by Crippen LogP contribution is -2.31. The van der Waals surface area contributed by atoms with Gasteiger partial charge in [-0.3, -0.25) is 9.59 Å². The average molecular weight is 344 g/mol. The first-order chi connectivity index (χ1) is 11.5. The fourth-order valence-corrected chi connectivity index (χ4v) is 2.94. The summed E-state index contributed by atoms with van der Waals surface area (Å²) in [6.07, 6.45) is 0. The van der Waals surface area contributed by atoms with Gasteiger partial charge in [-0.05, 0) is 42.1 Å². The van der Waals surface area contributed by atoms with Crippen molar-refractivity contribution in [1.29, 1.82) is 0 Å². The van der Waals surface area contributed by atoms with Crippen molar-refractivity contribution >= 4 is 17.2 Å². The van der Waals surface area contributed by atoms with Gasteiger partial charge in [0.1, 0.15) is 6.54 Å². The first kappa shape index (κ1) is 16.1. The summed E-state index contributed by atoms with van der Waals surface area (Å²) < 4.78 is 0. The zero-order valence-electron chi connectivity index (χ0n) is 13.2. The number of aryl methyl sites for hydroxylation is 2. The molecular formula is C15H16N6O2S. The van der Waals surface area contributed by atoms with E-state index in [-0.39, 0.29) is 24.6 Å². The van der Waals surface area contributed by atoms with E-state index in [1.165, 1.54) is 16.1 Å². The maximum atomic E-state index is 12.0. The van der Waals surface area contributed by atoms with Gasteiger partial charge in [0.25, 0.3) is 5.56 Å². The number of thiophene rings is 1. The molecule has 0 spiro atoms. The summed E-state index contributed by atoms with van der Waals surface area (Å²) in [4.78, 5) is 28.8. The van der Waals surface area contributed by atoms with Gasteiger partial charge < -0.3 is 10.3 Å². The number of carbonyl (C=O) groups excluding carboxylic acids is 1. The number of H-pyrrole nitrogens is 1. The Balaban J connectivity index is 1.62. The number of tetrazole rings is 1. The fraction of sp³-hybridized carbons (Fsp3) is 0.267. The number of pyridine rings is 1. The Bertz CT molecular complexity index is 912. The van der Waals surface area contributed by atoms with Crippen molar-refractivity contribution in [2.45, 2.75) is 26.9 Å². The van der Waals surface area contributed by atoms with Gasteiger partial charge in [0, 0.05) is 17.8 Å². The summed E-state index contributed by atoms with van der Waals surface area (Å²) in [5.74, 6) is 0.202. The quantitative estimate of drug-likeness (QED) is 0.719. The standard InChI is InChI=1S/C15H16N6O2S/c1-9-6-10(2)17-15(23)11(9)7-16-13(22)8-21-19-14(18-20-21)12-4-3-5-24-12/h3-6H,7-8H2,1-2H3,(H,16,22)(H,17,23). The molecule has 0 aliphatic carbocycles. The molecule has 0 unspecified atom stereocenters. The van der Waals surface area contributed by atoms with E-state index in [0.717, 1.165) is 16.1 Å². The topological polar surface area (TPSA) is 106 Å². The lowest BCUT2D eigenvalue weighted by Gasteiger charge is -2.07. The van der Waals surface area contributed by atoms with Gasteiger partial charge in [-0.25, -0.2) is 0 Å². The Morgan fingerprint density at radius 1 is 1.42 bits per heavy atom. The number of aromatic nitrogens is 5. The van der Waals surface area contributed by atoms with E-state index in [2.05, 4.69) is 25.7 Å². The Morgan fingerprint density at radius 3 is 2.96 bits per heavy atom. The van der Waals surface area contributed by atoms with E-state index in [4.69, 9.17) is 0 Å². The molecule has 0 aliphatic heterocycles. The van der Waals surface area contributed by atoms with Crippen LogP contribution in [-0.4, -0.2) is 31.1 Å². The van der Waals surface area contributed by atoms with Crippen LogP contribution < -0.4 is 10.9 Å². The molecule has 0 radical (unpaired) electrons. The van der Waals surface area contributed by atoms with Crippen molar-refractivity contribution in [1.82, 2.24) is 30.5 Å². The van der Waals surface area contributed by atoms with Crippen LogP contribution in [-0.2, 0) is 17.9 Å². The molecule has 3 aromatic rings. The van der Waals surface area contributed by atoms with Crippen LogP contribution in [0.1, 0.15) is 16.8 Å². The monoisotopic (exact) mass is 344 g/mol. The van der Waals surface area contributed by atoms with Crippen molar-refractivity contribution in [3.63, 3.8) is 0 Å². The van der Waals surface area contributed by atoms with Crippen LogP contribution in [0, 0.1) is 13.8 Å². The SMILES string of the molecule is Cc1cc(C)c(CNC(=O)Cn2nnc(-c3cccs3)n2)c(=O)[nH]1. The maximum absolute atomic E-state index is 12.0.